The molecule has 0 saturated carbocycles. The first-order valence-electron chi connectivity index (χ1n) is 10.4. The first-order chi connectivity index (χ1) is 15.6. The molecule has 0 bridgehead atoms. The van der Waals surface area contributed by atoms with E-state index in [1.807, 2.05) is 36.4 Å². The number of rotatable bonds is 6. The second kappa shape index (κ2) is 9.60. The normalized spacial score (nSPS) is 17.8. The Kier molecular flexibility index (Phi) is 6.44. The van der Waals surface area contributed by atoms with E-state index in [0.29, 0.717) is 24.4 Å². The van der Waals surface area contributed by atoms with Gasteiger partial charge in [-0.3, -0.25) is 14.6 Å². The summed E-state index contributed by atoms with van der Waals surface area (Å²) in [6, 6.07) is 16.7. The Bertz CT molecular complexity index is 1090. The van der Waals surface area contributed by atoms with Crippen molar-refractivity contribution in [2.24, 2.45) is 5.92 Å². The van der Waals surface area contributed by atoms with Crippen molar-refractivity contribution in [2.75, 3.05) is 20.2 Å². The molecule has 1 fully saturated rings. The van der Waals surface area contributed by atoms with Crippen molar-refractivity contribution >= 4 is 11.8 Å². The van der Waals surface area contributed by atoms with E-state index in [0.717, 1.165) is 11.1 Å². The minimum absolute atomic E-state index is 0.140. The Labute approximate surface area is 186 Å². The smallest absolute Gasteiger partial charge is 0.253 e. The van der Waals surface area contributed by atoms with Crippen LogP contribution in [-0.2, 0) is 11.3 Å². The molecule has 3 aromatic rings. The SMILES string of the molecule is COc1ccccc1C1CN(C(=O)c2ccc(F)cc2)CC1C(=O)NCc1cccnc1. The average Bonchev–Trinajstić information content (AvgIpc) is 3.28. The Hall–Kier alpha value is -3.74. The Morgan fingerprint density at radius 3 is 2.59 bits per heavy atom. The number of nitrogens with zero attached hydrogens (tertiary/aromatic N) is 2. The van der Waals surface area contributed by atoms with Gasteiger partial charge in [0.1, 0.15) is 11.6 Å². The molecule has 1 aliphatic rings. The topological polar surface area (TPSA) is 71.5 Å². The van der Waals surface area contributed by atoms with Gasteiger partial charge in [-0.1, -0.05) is 24.3 Å². The molecular weight excluding hydrogens is 409 g/mol. The van der Waals surface area contributed by atoms with E-state index in [4.69, 9.17) is 4.74 Å². The molecule has 1 N–H and O–H groups in total. The van der Waals surface area contributed by atoms with Gasteiger partial charge < -0.3 is 15.0 Å². The lowest BCUT2D eigenvalue weighted by atomic mass is 9.87. The number of para-hydroxylation sites is 1. The third kappa shape index (κ3) is 4.61. The van der Waals surface area contributed by atoms with Crippen LogP contribution in [0.1, 0.15) is 27.4 Å². The fourth-order valence-corrected chi connectivity index (χ4v) is 4.12. The summed E-state index contributed by atoms with van der Waals surface area (Å²) >= 11 is 0. The van der Waals surface area contributed by atoms with E-state index >= 15 is 0 Å². The van der Waals surface area contributed by atoms with Crippen LogP contribution in [0.15, 0.2) is 73.1 Å². The highest BCUT2D eigenvalue weighted by atomic mass is 19.1. The van der Waals surface area contributed by atoms with Gasteiger partial charge in [0.15, 0.2) is 0 Å². The summed E-state index contributed by atoms with van der Waals surface area (Å²) in [5, 5.41) is 2.98. The Morgan fingerprint density at radius 2 is 1.88 bits per heavy atom. The number of amides is 2. The van der Waals surface area contributed by atoms with E-state index in [-0.39, 0.29) is 24.3 Å². The van der Waals surface area contributed by atoms with Gasteiger partial charge in [-0.2, -0.15) is 0 Å². The number of aromatic nitrogens is 1. The average molecular weight is 433 g/mol. The number of methoxy groups -OCH3 is 1. The minimum atomic E-state index is -0.452. The molecule has 2 atom stereocenters. The predicted molar refractivity (Wildman–Crippen MR) is 118 cm³/mol. The van der Waals surface area contributed by atoms with Gasteiger partial charge in [-0.15, -0.1) is 0 Å². The molecule has 4 rings (SSSR count). The minimum Gasteiger partial charge on any atom is -0.496 e. The number of ether oxygens (including phenoxy) is 1. The van der Waals surface area contributed by atoms with Crippen LogP contribution < -0.4 is 10.1 Å². The molecule has 0 aliphatic carbocycles. The maximum absolute atomic E-state index is 13.3. The van der Waals surface area contributed by atoms with Crippen molar-refractivity contribution in [3.63, 3.8) is 0 Å². The lowest BCUT2D eigenvalue weighted by Crippen LogP contribution is -2.35. The molecule has 0 radical (unpaired) electrons. The summed E-state index contributed by atoms with van der Waals surface area (Å²) in [4.78, 5) is 32.0. The monoisotopic (exact) mass is 433 g/mol. The molecule has 6 nitrogen and oxygen atoms in total. The van der Waals surface area contributed by atoms with Crippen LogP contribution in [0.2, 0.25) is 0 Å². The van der Waals surface area contributed by atoms with E-state index in [2.05, 4.69) is 10.3 Å². The Morgan fingerprint density at radius 1 is 1.09 bits per heavy atom. The summed E-state index contributed by atoms with van der Waals surface area (Å²) in [6.45, 7) is 0.979. The molecule has 2 amide bonds. The maximum Gasteiger partial charge on any atom is 0.253 e. The van der Waals surface area contributed by atoms with Gasteiger partial charge in [0.2, 0.25) is 5.91 Å². The van der Waals surface area contributed by atoms with Crippen LogP contribution in [0.4, 0.5) is 4.39 Å². The van der Waals surface area contributed by atoms with Crippen LogP contribution in [0.5, 0.6) is 5.75 Å². The van der Waals surface area contributed by atoms with E-state index in [9.17, 15) is 14.0 Å². The van der Waals surface area contributed by atoms with Crippen LogP contribution in [0.25, 0.3) is 0 Å². The molecule has 32 heavy (non-hydrogen) atoms. The van der Waals surface area contributed by atoms with Crippen molar-refractivity contribution < 1.29 is 18.7 Å². The highest BCUT2D eigenvalue weighted by Gasteiger charge is 2.41. The molecular formula is C25H24FN3O3. The van der Waals surface area contributed by atoms with E-state index < -0.39 is 11.7 Å². The molecule has 1 aromatic heterocycles. The number of likely N-dealkylation sites (tertiary alicyclic amines) is 1. The number of benzene rings is 2. The largest absolute Gasteiger partial charge is 0.496 e. The summed E-state index contributed by atoms with van der Waals surface area (Å²) in [6.07, 6.45) is 3.38. The molecule has 1 aliphatic heterocycles. The standard InChI is InChI=1S/C25H24FN3O3/c1-32-23-7-3-2-6-20(23)21-15-29(25(31)18-8-10-19(26)11-9-18)16-22(21)24(30)28-14-17-5-4-12-27-13-17/h2-13,21-22H,14-16H2,1H3,(H,28,30). The van der Waals surface area contributed by atoms with Gasteiger partial charge in [0, 0.05) is 43.5 Å². The van der Waals surface area contributed by atoms with Crippen LogP contribution in [-0.4, -0.2) is 41.9 Å². The fourth-order valence-electron chi connectivity index (χ4n) is 4.12. The predicted octanol–water partition coefficient (Wildman–Crippen LogP) is 3.40. The van der Waals surface area contributed by atoms with Gasteiger partial charge in [0.05, 0.1) is 13.0 Å². The van der Waals surface area contributed by atoms with Crippen molar-refractivity contribution in [2.45, 2.75) is 12.5 Å². The number of carbonyl (C=O) groups is 2. The molecule has 2 unspecified atom stereocenters. The molecule has 164 valence electrons. The third-order valence-corrected chi connectivity index (χ3v) is 5.76. The van der Waals surface area contributed by atoms with Gasteiger partial charge >= 0.3 is 0 Å². The summed E-state index contributed by atoms with van der Waals surface area (Å²) in [5.74, 6) is -0.774. The van der Waals surface area contributed by atoms with Gasteiger partial charge in [-0.25, -0.2) is 4.39 Å². The van der Waals surface area contributed by atoms with Crippen LogP contribution in [0.3, 0.4) is 0 Å². The third-order valence-electron chi connectivity index (χ3n) is 5.76. The van der Waals surface area contributed by atoms with Crippen LogP contribution in [0, 0.1) is 11.7 Å². The van der Waals surface area contributed by atoms with Crippen molar-refractivity contribution in [3.8, 4) is 5.75 Å². The van der Waals surface area contributed by atoms with Crippen LogP contribution >= 0.6 is 0 Å². The van der Waals surface area contributed by atoms with E-state index in [1.165, 1.54) is 24.3 Å². The first kappa shape index (κ1) is 21.5. The lowest BCUT2D eigenvalue weighted by Gasteiger charge is -2.20. The number of hydrogen-bond acceptors (Lipinski definition) is 4. The van der Waals surface area contributed by atoms with Crippen molar-refractivity contribution in [1.82, 2.24) is 15.2 Å². The number of halogens is 1. The molecule has 0 spiro atoms. The summed E-state index contributed by atoms with van der Waals surface area (Å²) in [5.41, 5.74) is 2.17. The van der Waals surface area contributed by atoms with Crippen molar-refractivity contribution in [3.05, 3.63) is 95.6 Å². The molecule has 2 aromatic carbocycles. The highest BCUT2D eigenvalue weighted by Crippen LogP contribution is 2.38. The summed E-state index contributed by atoms with van der Waals surface area (Å²) < 4.78 is 18.8. The zero-order valence-corrected chi connectivity index (χ0v) is 17.7. The second-order valence-electron chi connectivity index (χ2n) is 7.75. The van der Waals surface area contributed by atoms with Gasteiger partial charge in [0.25, 0.3) is 5.91 Å². The van der Waals surface area contributed by atoms with E-state index in [1.54, 1.807) is 24.4 Å². The number of hydrogen-bond donors (Lipinski definition) is 1. The molecule has 2 heterocycles. The number of nitrogens with one attached hydrogen (secondary N) is 1. The Balaban J connectivity index is 1.58. The highest BCUT2D eigenvalue weighted by molar-refractivity contribution is 5.95. The van der Waals surface area contributed by atoms with Crippen molar-refractivity contribution in [1.29, 1.82) is 0 Å². The first-order valence-corrected chi connectivity index (χ1v) is 10.4. The zero-order valence-electron chi connectivity index (χ0n) is 17.7. The molecule has 7 heteroatoms. The molecule has 1 saturated heterocycles. The van der Waals surface area contributed by atoms with Gasteiger partial charge in [-0.05, 0) is 47.5 Å². The quantitative estimate of drug-likeness (QED) is 0.647. The maximum atomic E-state index is 13.3. The summed E-state index contributed by atoms with van der Waals surface area (Å²) in [7, 11) is 1.59. The lowest BCUT2D eigenvalue weighted by molar-refractivity contribution is -0.125. The number of carbonyl (C=O) groups excluding carboxylic acids is 2. The fraction of sp³-hybridized carbons (Fsp3) is 0.240. The second-order valence-corrected chi connectivity index (χ2v) is 7.75. The zero-order chi connectivity index (χ0) is 22.5. The number of pyridine rings is 1.